The molecule has 3 rings (SSSR count). The van der Waals surface area contributed by atoms with E-state index in [0.29, 0.717) is 24.7 Å². The zero-order valence-corrected chi connectivity index (χ0v) is 37.2. The fraction of sp³-hybridized carbons (Fsp3) is 0.743. The second-order valence-corrected chi connectivity index (χ2v) is 36.2. The van der Waals surface area contributed by atoms with Gasteiger partial charge in [-0.05, 0) is 117 Å². The summed E-state index contributed by atoms with van der Waals surface area (Å²) in [4.78, 5) is 13.1. The van der Waals surface area contributed by atoms with Gasteiger partial charge in [-0.1, -0.05) is 12.5 Å². The summed E-state index contributed by atoms with van der Waals surface area (Å²) in [5.41, 5.74) is 1.90. The Kier molecular flexibility index (Phi) is 14.4. The quantitative estimate of drug-likeness (QED) is 0.0736. The van der Waals surface area contributed by atoms with Crippen LogP contribution in [0.15, 0.2) is 34.7 Å². The first-order valence-electron chi connectivity index (χ1n) is 17.6. The zero-order valence-electron chi connectivity index (χ0n) is 32.4. The Morgan fingerprint density at radius 3 is 2.10 bits per heavy atom. The van der Waals surface area contributed by atoms with E-state index in [1.54, 1.807) is 23.6 Å². The highest BCUT2D eigenvalue weighted by Crippen LogP contribution is 2.41. The number of carbonyl (C=O) groups is 1. The molecule has 2 saturated heterocycles. The van der Waals surface area contributed by atoms with Crippen LogP contribution in [0.2, 0.25) is 78.6 Å². The number of hydrogen-bond donors (Lipinski definition) is 1. The lowest BCUT2D eigenvalue weighted by Crippen LogP contribution is -2.58. The van der Waals surface area contributed by atoms with Crippen molar-refractivity contribution in [1.29, 1.82) is 0 Å². The normalized spacial score (nSPS) is 27.4. The van der Waals surface area contributed by atoms with Gasteiger partial charge in [0.25, 0.3) is 0 Å². The van der Waals surface area contributed by atoms with Crippen LogP contribution in [0, 0.1) is 11.8 Å². The maximum atomic E-state index is 13.1. The van der Waals surface area contributed by atoms with Crippen molar-refractivity contribution in [2.75, 3.05) is 6.61 Å². The third-order valence-electron chi connectivity index (χ3n) is 8.08. The zero-order chi connectivity index (χ0) is 36.2. The summed E-state index contributed by atoms with van der Waals surface area (Å²) in [6.45, 7) is 33.5. The molecular weight excluding hydrogens is 691 g/mol. The standard InChI is InChI=1S/C35H65NO7SSi4/c1-24(19-32(37)36-21-31(41-46(7,8)9)27-16-17-44-23-27)18-29-35(43-48(13,14)15)34(42-47(10,11)12)28(22-38-29)20-30-33(39-30)25(2)26(3)40-45(4,5)6/h16-17,19,21,23,25-26,28-30,33-35H,18,20,22H2,1-15H3,(H,36,37)/b24-19+,31-21-/t25-,26-,28-,29-,30-,33-,34+,35-/m0/s1. The van der Waals surface area contributed by atoms with E-state index in [-0.39, 0.29) is 48.4 Å². The van der Waals surface area contributed by atoms with Gasteiger partial charge >= 0.3 is 0 Å². The second-order valence-electron chi connectivity index (χ2n) is 17.6. The molecule has 8 nitrogen and oxygen atoms in total. The second kappa shape index (κ2) is 16.6. The molecule has 0 aliphatic carbocycles. The van der Waals surface area contributed by atoms with E-state index < -0.39 is 33.3 Å². The van der Waals surface area contributed by atoms with Gasteiger partial charge < -0.3 is 32.5 Å². The van der Waals surface area contributed by atoms with Crippen molar-refractivity contribution in [2.45, 2.75) is 149 Å². The lowest BCUT2D eigenvalue weighted by molar-refractivity contribution is -0.152. The van der Waals surface area contributed by atoms with Crippen molar-refractivity contribution < 1.29 is 32.0 Å². The predicted octanol–water partition coefficient (Wildman–Crippen LogP) is 8.84. The van der Waals surface area contributed by atoms with E-state index in [0.717, 1.165) is 17.6 Å². The van der Waals surface area contributed by atoms with E-state index in [9.17, 15) is 4.79 Å². The minimum absolute atomic E-state index is 0.102. The monoisotopic (exact) mass is 755 g/mol. The van der Waals surface area contributed by atoms with Gasteiger partial charge in [0.2, 0.25) is 14.2 Å². The highest BCUT2D eigenvalue weighted by molar-refractivity contribution is 7.08. The summed E-state index contributed by atoms with van der Waals surface area (Å²) in [6.07, 6.45) is 4.78. The van der Waals surface area contributed by atoms with Crippen molar-refractivity contribution in [2.24, 2.45) is 11.8 Å². The summed E-state index contributed by atoms with van der Waals surface area (Å²) in [5.74, 6) is 0.982. The Hall–Kier alpha value is -0.882. The molecule has 1 amide bonds. The van der Waals surface area contributed by atoms with Gasteiger partial charge in [-0.15, -0.1) is 0 Å². The number of ether oxygens (including phenoxy) is 2. The third-order valence-corrected chi connectivity index (χ3v) is 12.6. The number of nitrogens with one attached hydrogen (secondary N) is 1. The number of thiophene rings is 1. The van der Waals surface area contributed by atoms with E-state index in [2.05, 4.69) is 97.7 Å². The molecular formula is C35H65NO7SSi4. The number of hydrogen-bond acceptors (Lipinski definition) is 8. The number of epoxide rings is 1. The molecule has 1 aromatic rings. The smallest absolute Gasteiger partial charge is 0.247 e. The molecule has 0 spiro atoms. The third kappa shape index (κ3) is 14.4. The van der Waals surface area contributed by atoms with Crippen molar-refractivity contribution in [3.05, 3.63) is 40.2 Å². The molecule has 3 heterocycles. The van der Waals surface area contributed by atoms with Gasteiger partial charge in [0.05, 0.1) is 37.1 Å². The van der Waals surface area contributed by atoms with E-state index >= 15 is 0 Å². The molecule has 0 radical (unpaired) electrons. The van der Waals surface area contributed by atoms with Gasteiger partial charge in [0.15, 0.2) is 25.0 Å². The van der Waals surface area contributed by atoms with E-state index in [1.807, 2.05) is 23.8 Å². The molecule has 0 bridgehead atoms. The molecule has 274 valence electrons. The molecule has 2 fully saturated rings. The molecule has 13 heteroatoms. The lowest BCUT2D eigenvalue weighted by atomic mass is 9.85. The van der Waals surface area contributed by atoms with Gasteiger partial charge in [0.1, 0.15) is 5.76 Å². The molecule has 48 heavy (non-hydrogen) atoms. The molecule has 2 aliphatic heterocycles. The fourth-order valence-corrected chi connectivity index (χ4v) is 11.2. The van der Waals surface area contributed by atoms with Crippen LogP contribution >= 0.6 is 11.3 Å². The minimum Gasteiger partial charge on any atom is -0.543 e. The number of amides is 1. The topological polar surface area (TPSA) is 87.8 Å². The van der Waals surface area contributed by atoms with Gasteiger partial charge in [0, 0.05) is 41.2 Å². The van der Waals surface area contributed by atoms with Crippen LogP contribution in [-0.2, 0) is 32.0 Å². The molecule has 1 aromatic heterocycles. The van der Waals surface area contributed by atoms with E-state index in [1.165, 1.54) is 0 Å². The first kappa shape index (κ1) is 41.5. The summed E-state index contributed by atoms with van der Waals surface area (Å²) in [6, 6.07) is 2.01. The summed E-state index contributed by atoms with van der Waals surface area (Å²) in [5, 5.41) is 6.98. The highest BCUT2D eigenvalue weighted by Gasteiger charge is 2.51. The van der Waals surface area contributed by atoms with Crippen molar-refractivity contribution in [3.63, 3.8) is 0 Å². The molecule has 8 atom stereocenters. The van der Waals surface area contributed by atoms with Crippen LogP contribution in [0.1, 0.15) is 39.2 Å². The average molecular weight is 756 g/mol. The highest BCUT2D eigenvalue weighted by atomic mass is 32.1. The van der Waals surface area contributed by atoms with Crippen LogP contribution in [0.5, 0.6) is 0 Å². The van der Waals surface area contributed by atoms with Gasteiger partial charge in [-0.2, -0.15) is 11.3 Å². The van der Waals surface area contributed by atoms with Gasteiger partial charge in [-0.3, -0.25) is 4.79 Å². The van der Waals surface area contributed by atoms with Crippen molar-refractivity contribution in [3.8, 4) is 0 Å². The van der Waals surface area contributed by atoms with Crippen LogP contribution in [0.4, 0.5) is 0 Å². The first-order chi connectivity index (χ1) is 21.9. The fourth-order valence-electron chi connectivity index (χ4n) is 6.14. The Bertz CT molecular complexity index is 1250. The Balaban J connectivity index is 1.76. The summed E-state index contributed by atoms with van der Waals surface area (Å²) < 4.78 is 39.5. The average Bonchev–Trinajstić information content (AvgIpc) is 3.43. The van der Waals surface area contributed by atoms with Crippen molar-refractivity contribution in [1.82, 2.24) is 5.32 Å². The molecule has 0 saturated carbocycles. The lowest BCUT2D eigenvalue weighted by Gasteiger charge is -2.47. The summed E-state index contributed by atoms with van der Waals surface area (Å²) in [7, 11) is -7.44. The Labute approximate surface area is 299 Å². The molecule has 0 unspecified atom stereocenters. The SMILES string of the molecule is C/C(=C\C(=O)N/C=C(\O[Si](C)(C)C)c1ccsc1)C[C@@H]1OC[C@H](C[C@@H]2O[C@H]2[C@@H](C)[C@H](C)O[Si](C)(C)C)[C@@H](O[Si](C)(C)C)[C@H]1O[Si](C)(C)C. The van der Waals surface area contributed by atoms with Crippen LogP contribution < -0.4 is 5.32 Å². The Morgan fingerprint density at radius 2 is 1.56 bits per heavy atom. The first-order valence-corrected chi connectivity index (χ1v) is 32.2. The van der Waals surface area contributed by atoms with Crippen LogP contribution in [-0.4, -0.2) is 82.4 Å². The van der Waals surface area contributed by atoms with Crippen LogP contribution in [0.25, 0.3) is 5.76 Å². The van der Waals surface area contributed by atoms with Gasteiger partial charge in [-0.25, -0.2) is 0 Å². The van der Waals surface area contributed by atoms with E-state index in [4.69, 9.17) is 27.2 Å². The number of carbonyl (C=O) groups excluding carboxylic acids is 1. The van der Waals surface area contributed by atoms with Crippen molar-refractivity contribution >= 4 is 56.3 Å². The predicted molar refractivity (Wildman–Crippen MR) is 209 cm³/mol. The number of rotatable bonds is 17. The molecule has 2 aliphatic rings. The summed E-state index contributed by atoms with van der Waals surface area (Å²) >= 11 is 1.60. The molecule has 1 N–H and O–H groups in total. The largest absolute Gasteiger partial charge is 0.543 e. The maximum absolute atomic E-state index is 13.1. The van der Waals surface area contributed by atoms with Crippen LogP contribution in [0.3, 0.4) is 0 Å². The maximum Gasteiger partial charge on any atom is 0.247 e. The minimum atomic E-state index is -1.99. The Morgan fingerprint density at radius 1 is 0.938 bits per heavy atom. The molecule has 0 aromatic carbocycles.